The van der Waals surface area contributed by atoms with E-state index in [1.165, 1.54) is 0 Å². The van der Waals surface area contributed by atoms with Crippen molar-refractivity contribution in [2.75, 3.05) is 0 Å². The third-order valence-electron chi connectivity index (χ3n) is 1.93. The van der Waals surface area contributed by atoms with Gasteiger partial charge in [-0.05, 0) is 25.5 Å². The van der Waals surface area contributed by atoms with Gasteiger partial charge >= 0.3 is 6.09 Å². The van der Waals surface area contributed by atoms with Crippen LogP contribution < -0.4 is 10.1 Å². The Morgan fingerprint density at radius 3 is 2.64 bits per heavy atom. The number of ether oxygens (including phenoxy) is 1. The number of hydrogen-bond donors (Lipinski definition) is 1. The summed E-state index contributed by atoms with van der Waals surface area (Å²) >= 11 is 0. The minimum absolute atomic E-state index is 0.145. The molecule has 1 aromatic carbocycles. The molecule has 3 heteroatoms. The average molecular weight is 193 g/mol. The molecule has 0 saturated heterocycles. The second-order valence-electron chi connectivity index (χ2n) is 3.16. The van der Waals surface area contributed by atoms with Crippen molar-refractivity contribution in [1.29, 1.82) is 0 Å². The second-order valence-corrected chi connectivity index (χ2v) is 3.16. The van der Waals surface area contributed by atoms with Crippen molar-refractivity contribution in [3.05, 3.63) is 30.3 Å². The third-order valence-corrected chi connectivity index (χ3v) is 1.93. The van der Waals surface area contributed by atoms with E-state index in [9.17, 15) is 4.79 Å². The van der Waals surface area contributed by atoms with E-state index >= 15 is 0 Å². The Kier molecular flexibility index (Phi) is 3.98. The largest absolute Gasteiger partial charge is 0.412 e. The third kappa shape index (κ3) is 3.47. The number of hydrogen-bond acceptors (Lipinski definition) is 2. The summed E-state index contributed by atoms with van der Waals surface area (Å²) in [5, 5.41) is 2.72. The van der Waals surface area contributed by atoms with Gasteiger partial charge in [-0.2, -0.15) is 0 Å². The number of benzene rings is 1. The number of carbonyl (C=O) groups is 1. The molecule has 0 bridgehead atoms. The fourth-order valence-electron chi connectivity index (χ4n) is 0.928. The highest BCUT2D eigenvalue weighted by Crippen LogP contribution is 2.08. The van der Waals surface area contributed by atoms with Crippen LogP contribution in [0.25, 0.3) is 0 Å². The molecule has 1 amide bonds. The van der Waals surface area contributed by atoms with E-state index in [4.69, 9.17) is 4.74 Å². The molecule has 0 fully saturated rings. The fourth-order valence-corrected chi connectivity index (χ4v) is 0.928. The second kappa shape index (κ2) is 5.27. The highest BCUT2D eigenvalue weighted by atomic mass is 16.6. The first-order chi connectivity index (χ1) is 6.72. The molecular formula is C11H15NO2. The number of rotatable bonds is 3. The van der Waals surface area contributed by atoms with Crippen LogP contribution in [0.5, 0.6) is 5.75 Å². The van der Waals surface area contributed by atoms with Gasteiger partial charge in [-0.3, -0.25) is 0 Å². The normalized spacial score (nSPS) is 11.9. The Morgan fingerprint density at radius 2 is 2.07 bits per heavy atom. The summed E-state index contributed by atoms with van der Waals surface area (Å²) in [5.74, 6) is 0.563. The van der Waals surface area contributed by atoms with E-state index in [-0.39, 0.29) is 6.04 Å². The van der Waals surface area contributed by atoms with Gasteiger partial charge in [0.1, 0.15) is 5.75 Å². The molecular weight excluding hydrogens is 178 g/mol. The minimum Gasteiger partial charge on any atom is -0.410 e. The smallest absolute Gasteiger partial charge is 0.410 e. The zero-order chi connectivity index (χ0) is 10.4. The maximum Gasteiger partial charge on any atom is 0.412 e. The number of nitrogens with one attached hydrogen (secondary N) is 1. The molecule has 0 aliphatic rings. The summed E-state index contributed by atoms with van der Waals surface area (Å²) in [6.45, 7) is 3.94. The van der Waals surface area contributed by atoms with E-state index in [1.54, 1.807) is 12.1 Å². The number of amides is 1. The number of carbonyl (C=O) groups excluding carboxylic acids is 1. The van der Waals surface area contributed by atoms with Gasteiger partial charge in [-0.25, -0.2) is 4.79 Å². The van der Waals surface area contributed by atoms with Crippen LogP contribution >= 0.6 is 0 Å². The molecule has 14 heavy (non-hydrogen) atoms. The van der Waals surface area contributed by atoms with Crippen LogP contribution in [-0.4, -0.2) is 12.1 Å². The molecule has 0 heterocycles. The summed E-state index contributed by atoms with van der Waals surface area (Å²) in [5.41, 5.74) is 0. The van der Waals surface area contributed by atoms with Gasteiger partial charge in [0.2, 0.25) is 0 Å². The molecule has 0 aliphatic heterocycles. The van der Waals surface area contributed by atoms with Crippen molar-refractivity contribution in [2.24, 2.45) is 0 Å². The summed E-state index contributed by atoms with van der Waals surface area (Å²) < 4.78 is 5.04. The quantitative estimate of drug-likeness (QED) is 0.801. The number of para-hydroxylation sites is 1. The van der Waals surface area contributed by atoms with Gasteiger partial charge in [-0.15, -0.1) is 0 Å². The topological polar surface area (TPSA) is 38.3 Å². The Balaban J connectivity index is 2.42. The van der Waals surface area contributed by atoms with Crippen molar-refractivity contribution in [2.45, 2.75) is 26.3 Å². The lowest BCUT2D eigenvalue weighted by atomic mass is 10.3. The summed E-state index contributed by atoms with van der Waals surface area (Å²) in [7, 11) is 0. The minimum atomic E-state index is -0.398. The van der Waals surface area contributed by atoms with Gasteiger partial charge in [-0.1, -0.05) is 25.1 Å². The Morgan fingerprint density at radius 1 is 1.43 bits per heavy atom. The maximum atomic E-state index is 11.2. The van der Waals surface area contributed by atoms with Crippen molar-refractivity contribution in [3.8, 4) is 5.75 Å². The molecule has 0 radical (unpaired) electrons. The van der Waals surface area contributed by atoms with Crippen molar-refractivity contribution in [1.82, 2.24) is 5.32 Å². The summed E-state index contributed by atoms with van der Waals surface area (Å²) in [4.78, 5) is 11.2. The van der Waals surface area contributed by atoms with Gasteiger partial charge in [0.05, 0.1) is 0 Å². The lowest BCUT2D eigenvalue weighted by Crippen LogP contribution is -2.34. The van der Waals surface area contributed by atoms with Crippen LogP contribution in [-0.2, 0) is 0 Å². The zero-order valence-electron chi connectivity index (χ0n) is 8.49. The average Bonchev–Trinajstić information content (AvgIpc) is 2.19. The van der Waals surface area contributed by atoms with Gasteiger partial charge in [0.15, 0.2) is 0 Å². The lowest BCUT2D eigenvalue weighted by molar-refractivity contribution is 0.196. The van der Waals surface area contributed by atoms with E-state index < -0.39 is 6.09 Å². The molecule has 76 valence electrons. The van der Waals surface area contributed by atoms with Crippen molar-refractivity contribution < 1.29 is 9.53 Å². The van der Waals surface area contributed by atoms with Crippen LogP contribution in [0.4, 0.5) is 4.79 Å². The maximum absolute atomic E-state index is 11.2. The van der Waals surface area contributed by atoms with E-state index in [0.717, 1.165) is 6.42 Å². The van der Waals surface area contributed by atoms with E-state index in [1.807, 2.05) is 32.0 Å². The summed E-state index contributed by atoms with van der Waals surface area (Å²) in [6, 6.07) is 9.16. The molecule has 1 unspecified atom stereocenters. The predicted octanol–water partition coefficient (Wildman–Crippen LogP) is 2.57. The van der Waals surface area contributed by atoms with Crippen LogP contribution in [0.3, 0.4) is 0 Å². The Labute approximate surface area is 84.1 Å². The molecule has 1 rings (SSSR count). The first-order valence-electron chi connectivity index (χ1n) is 4.75. The molecule has 0 aliphatic carbocycles. The predicted molar refractivity (Wildman–Crippen MR) is 55.4 cm³/mol. The standard InChI is InChI=1S/C11H15NO2/c1-3-9(2)12-11(13)14-10-7-5-4-6-8-10/h4-9H,3H2,1-2H3,(H,12,13). The lowest BCUT2D eigenvalue weighted by Gasteiger charge is -2.11. The van der Waals surface area contributed by atoms with Crippen molar-refractivity contribution in [3.63, 3.8) is 0 Å². The van der Waals surface area contributed by atoms with Crippen LogP contribution in [0.15, 0.2) is 30.3 Å². The van der Waals surface area contributed by atoms with Crippen LogP contribution in [0.2, 0.25) is 0 Å². The summed E-state index contributed by atoms with van der Waals surface area (Å²) in [6.07, 6.45) is 0.495. The fraction of sp³-hybridized carbons (Fsp3) is 0.364. The Bertz CT molecular complexity index is 285. The highest BCUT2D eigenvalue weighted by molar-refractivity contribution is 5.70. The molecule has 0 saturated carbocycles. The SMILES string of the molecule is CCC(C)NC(=O)Oc1ccccc1. The van der Waals surface area contributed by atoms with Gasteiger partial charge in [0, 0.05) is 6.04 Å². The van der Waals surface area contributed by atoms with Crippen molar-refractivity contribution >= 4 is 6.09 Å². The first kappa shape index (κ1) is 10.6. The molecule has 1 N–H and O–H groups in total. The van der Waals surface area contributed by atoms with Crippen LogP contribution in [0.1, 0.15) is 20.3 Å². The highest BCUT2D eigenvalue weighted by Gasteiger charge is 2.06. The molecule has 1 atom stereocenters. The molecule has 3 nitrogen and oxygen atoms in total. The first-order valence-corrected chi connectivity index (χ1v) is 4.75. The zero-order valence-corrected chi connectivity index (χ0v) is 8.49. The molecule has 0 spiro atoms. The van der Waals surface area contributed by atoms with E-state index in [0.29, 0.717) is 5.75 Å². The molecule has 0 aromatic heterocycles. The Hall–Kier alpha value is -1.51. The monoisotopic (exact) mass is 193 g/mol. The van der Waals surface area contributed by atoms with E-state index in [2.05, 4.69) is 5.32 Å². The molecule has 1 aromatic rings. The van der Waals surface area contributed by atoms with Gasteiger partial charge in [0.25, 0.3) is 0 Å². The van der Waals surface area contributed by atoms with Gasteiger partial charge < -0.3 is 10.1 Å². The van der Waals surface area contributed by atoms with Crippen LogP contribution in [0, 0.1) is 0 Å².